The van der Waals surface area contributed by atoms with Crippen LogP contribution < -0.4 is 11.2 Å². The van der Waals surface area contributed by atoms with Gasteiger partial charge in [0.2, 0.25) is 0 Å². The number of aromatic amines is 1. The van der Waals surface area contributed by atoms with Gasteiger partial charge in [0.05, 0.1) is 6.54 Å². The molecule has 2 aromatic rings. The van der Waals surface area contributed by atoms with Crippen molar-refractivity contribution in [2.45, 2.75) is 6.54 Å². The monoisotopic (exact) mass is 340 g/mol. The van der Waals surface area contributed by atoms with E-state index in [1.165, 1.54) is 12.3 Å². The minimum Gasteiger partial charge on any atom is -0.295 e. The summed E-state index contributed by atoms with van der Waals surface area (Å²) in [5, 5.41) is 0. The Morgan fingerprint density at radius 1 is 1.25 bits per heavy atom. The zero-order chi connectivity index (χ0) is 14.7. The van der Waals surface area contributed by atoms with Gasteiger partial charge in [-0.1, -0.05) is 6.07 Å². The molecule has 7 heteroatoms. The molecule has 0 aliphatic heterocycles. The first-order chi connectivity index (χ1) is 9.51. The molecule has 1 aromatic carbocycles. The average molecular weight is 341 g/mol. The van der Waals surface area contributed by atoms with E-state index in [1.54, 1.807) is 0 Å². The van der Waals surface area contributed by atoms with Gasteiger partial charge in [-0.05, 0) is 28.4 Å². The summed E-state index contributed by atoms with van der Waals surface area (Å²) in [5.74, 6) is 0.515. The summed E-state index contributed by atoms with van der Waals surface area (Å²) in [7, 11) is 0. The number of nitrogens with zero attached hydrogens (tertiary/aromatic N) is 1. The molecule has 0 aliphatic carbocycles. The second kappa shape index (κ2) is 5.84. The molecule has 2 rings (SSSR count). The molecule has 0 amide bonds. The number of H-pyrrole nitrogens is 1. The lowest BCUT2D eigenvalue weighted by Crippen LogP contribution is -2.31. The summed E-state index contributed by atoms with van der Waals surface area (Å²) in [4.78, 5) is 27.5. The van der Waals surface area contributed by atoms with Crippen molar-refractivity contribution in [2.75, 3.05) is 0 Å². The normalized spacial score (nSPS) is 9.95. The number of halogens is 3. The molecule has 0 radical (unpaired) electrons. The summed E-state index contributed by atoms with van der Waals surface area (Å²) in [5.41, 5.74) is -0.789. The van der Waals surface area contributed by atoms with Crippen LogP contribution in [0.3, 0.4) is 0 Å². The maximum absolute atomic E-state index is 13.1. The van der Waals surface area contributed by atoms with Gasteiger partial charge in [-0.2, -0.15) is 0 Å². The molecular weight excluding hydrogens is 334 g/mol. The lowest BCUT2D eigenvalue weighted by Gasteiger charge is -2.06. The third kappa shape index (κ3) is 3.03. The van der Waals surface area contributed by atoms with E-state index in [2.05, 4.69) is 31.7 Å². The Kier molecular flexibility index (Phi) is 4.15. The van der Waals surface area contributed by atoms with E-state index in [0.717, 1.165) is 16.7 Å². The van der Waals surface area contributed by atoms with Crippen LogP contribution in [0.15, 0.2) is 34.0 Å². The first kappa shape index (κ1) is 14.2. The average Bonchev–Trinajstić information content (AvgIpc) is 2.39. The maximum atomic E-state index is 13.1. The lowest BCUT2D eigenvalue weighted by molar-refractivity contribution is 0.506. The third-order valence-electron chi connectivity index (χ3n) is 2.53. The second-order valence-electron chi connectivity index (χ2n) is 3.90. The Hall–Kier alpha value is -2.20. The second-order valence-corrected chi connectivity index (χ2v) is 4.29. The summed E-state index contributed by atoms with van der Waals surface area (Å²) in [6, 6.07) is 3.31. The highest BCUT2D eigenvalue weighted by Crippen LogP contribution is 2.09. The molecule has 0 aliphatic rings. The molecule has 0 fully saturated rings. The number of hydrogen-bond donors (Lipinski definition) is 1. The molecule has 0 spiro atoms. The highest BCUT2D eigenvalue weighted by Gasteiger charge is 2.06. The topological polar surface area (TPSA) is 54.9 Å². The summed E-state index contributed by atoms with van der Waals surface area (Å²) in [6.07, 6.45) is 1.26. The summed E-state index contributed by atoms with van der Waals surface area (Å²) >= 11 is 2.86. The van der Waals surface area contributed by atoms with Crippen LogP contribution in [-0.2, 0) is 6.54 Å². The maximum Gasteiger partial charge on any atom is 0.328 e. The van der Waals surface area contributed by atoms with Crippen molar-refractivity contribution in [3.05, 3.63) is 68.0 Å². The molecule has 0 bridgehead atoms. The van der Waals surface area contributed by atoms with E-state index in [9.17, 15) is 18.4 Å². The van der Waals surface area contributed by atoms with E-state index in [4.69, 9.17) is 0 Å². The molecule has 0 saturated carbocycles. The van der Waals surface area contributed by atoms with Crippen LogP contribution in [-0.4, -0.2) is 9.55 Å². The van der Waals surface area contributed by atoms with Gasteiger partial charge < -0.3 is 0 Å². The van der Waals surface area contributed by atoms with Gasteiger partial charge in [-0.25, -0.2) is 13.6 Å². The van der Waals surface area contributed by atoms with Crippen LogP contribution in [0.4, 0.5) is 8.78 Å². The van der Waals surface area contributed by atoms with Gasteiger partial charge in [0, 0.05) is 22.1 Å². The molecule has 1 N–H and O–H groups in total. The van der Waals surface area contributed by atoms with Crippen molar-refractivity contribution in [1.29, 1.82) is 0 Å². The number of rotatable bonds is 2. The van der Waals surface area contributed by atoms with Crippen molar-refractivity contribution < 1.29 is 8.78 Å². The zero-order valence-electron chi connectivity index (χ0n) is 9.91. The van der Waals surface area contributed by atoms with Crippen molar-refractivity contribution in [1.82, 2.24) is 9.55 Å². The molecule has 1 heterocycles. The number of benzene rings is 1. The molecule has 1 aromatic heterocycles. The molecule has 102 valence electrons. The van der Waals surface area contributed by atoms with E-state index >= 15 is 0 Å². The quantitative estimate of drug-likeness (QED) is 0.843. The number of aromatic nitrogens is 2. The third-order valence-corrected chi connectivity index (χ3v) is 2.73. The molecule has 4 nitrogen and oxygen atoms in total. The van der Waals surface area contributed by atoms with Crippen LogP contribution in [0.2, 0.25) is 0 Å². The Balaban J connectivity index is 2.44. The zero-order valence-corrected chi connectivity index (χ0v) is 11.5. The van der Waals surface area contributed by atoms with Crippen molar-refractivity contribution in [3.8, 4) is 10.8 Å². The highest BCUT2D eigenvalue weighted by molar-refractivity contribution is 9.12. The fourth-order valence-corrected chi connectivity index (χ4v) is 1.82. The Bertz CT molecular complexity index is 831. The van der Waals surface area contributed by atoms with Crippen molar-refractivity contribution in [2.24, 2.45) is 0 Å². The highest BCUT2D eigenvalue weighted by atomic mass is 79.9. The summed E-state index contributed by atoms with van der Waals surface area (Å²) < 4.78 is 27.1. The lowest BCUT2D eigenvalue weighted by atomic mass is 10.2. The summed E-state index contributed by atoms with van der Waals surface area (Å²) in [6.45, 7) is -0.0101. The predicted molar refractivity (Wildman–Crippen MR) is 72.6 cm³/mol. The van der Waals surface area contributed by atoms with Gasteiger partial charge >= 0.3 is 5.69 Å². The van der Waals surface area contributed by atoms with Crippen LogP contribution >= 0.6 is 15.9 Å². The minimum atomic E-state index is -1.000. The fourth-order valence-electron chi connectivity index (χ4n) is 1.60. The number of hydrogen-bond acceptors (Lipinski definition) is 2. The van der Waals surface area contributed by atoms with Crippen molar-refractivity contribution in [3.63, 3.8) is 0 Å². The van der Waals surface area contributed by atoms with Crippen LogP contribution in [0, 0.1) is 22.4 Å². The smallest absolute Gasteiger partial charge is 0.295 e. The van der Waals surface area contributed by atoms with Gasteiger partial charge in [-0.15, -0.1) is 0 Å². The molecular formula is C13H7BrF2N2O2. The van der Waals surface area contributed by atoms with E-state index in [0.29, 0.717) is 5.56 Å². The minimum absolute atomic E-state index is 0.0101. The fraction of sp³-hybridized carbons (Fsp3) is 0.0769. The number of nitrogens with one attached hydrogen (secondary N) is 1. The van der Waals surface area contributed by atoms with Gasteiger partial charge in [0.1, 0.15) is 5.56 Å². The van der Waals surface area contributed by atoms with E-state index < -0.39 is 22.9 Å². The standard InChI is InChI=1S/C13H7BrF2N2O2/c14-4-3-9-7-18(13(20)17-12(9)19)6-8-1-2-10(15)11(16)5-8/h1-2,5,7H,6H2,(H,17,19,20). The molecule has 0 atom stereocenters. The van der Waals surface area contributed by atoms with E-state index in [1.807, 2.05) is 0 Å². The SMILES string of the molecule is O=c1[nH]c(=O)n(Cc2ccc(F)c(F)c2)cc1C#CBr. The first-order valence-electron chi connectivity index (χ1n) is 5.40. The van der Waals surface area contributed by atoms with Crippen LogP contribution in [0.1, 0.15) is 11.1 Å². The van der Waals surface area contributed by atoms with E-state index in [-0.39, 0.29) is 12.1 Å². The van der Waals surface area contributed by atoms with Gasteiger partial charge in [0.15, 0.2) is 11.6 Å². The Morgan fingerprint density at radius 2 is 2.00 bits per heavy atom. The molecule has 0 saturated heterocycles. The molecule has 20 heavy (non-hydrogen) atoms. The van der Waals surface area contributed by atoms with Crippen LogP contribution in [0.5, 0.6) is 0 Å². The first-order valence-corrected chi connectivity index (χ1v) is 6.20. The predicted octanol–water partition coefficient (Wildman–Crippen LogP) is 1.57. The largest absolute Gasteiger partial charge is 0.328 e. The van der Waals surface area contributed by atoms with Gasteiger partial charge in [0.25, 0.3) is 5.56 Å². The molecule has 0 unspecified atom stereocenters. The Morgan fingerprint density at radius 3 is 2.65 bits per heavy atom. The van der Waals surface area contributed by atoms with Crippen molar-refractivity contribution >= 4 is 15.9 Å². The Labute approximate surface area is 120 Å². The van der Waals surface area contributed by atoms with Gasteiger partial charge in [-0.3, -0.25) is 14.3 Å². The van der Waals surface area contributed by atoms with Crippen LogP contribution in [0.25, 0.3) is 0 Å².